The Morgan fingerprint density at radius 3 is 1.71 bits per heavy atom. The normalized spacial score (nSPS) is 17.0. The monoisotopic (exact) mass is 498 g/mol. The Morgan fingerprint density at radius 1 is 0.743 bits per heavy atom. The molecule has 0 radical (unpaired) electrons. The first-order valence-electron chi connectivity index (χ1n) is 9.80. The van der Waals surface area contributed by atoms with Crippen LogP contribution in [0.15, 0.2) is 48.5 Å². The van der Waals surface area contributed by atoms with Crippen LogP contribution >= 0.6 is 0 Å². The zero-order valence-corrected chi connectivity index (χ0v) is 18.3. The second kappa shape index (κ2) is 10.1. The molecule has 0 bridgehead atoms. The molecule has 2 aromatic rings. The maximum absolute atomic E-state index is 12.7. The van der Waals surface area contributed by atoms with Gasteiger partial charge in [-0.3, -0.25) is 19.3 Å². The van der Waals surface area contributed by atoms with Gasteiger partial charge in [-0.15, -0.1) is 0 Å². The number of rotatable bonds is 2. The fourth-order valence-corrected chi connectivity index (χ4v) is 2.96. The predicted octanol–water partition coefficient (Wildman–Crippen LogP) is 3.19. The molecule has 186 valence electrons. The summed E-state index contributed by atoms with van der Waals surface area (Å²) in [6, 6.07) is 7.67. The number of imide groups is 2. The van der Waals surface area contributed by atoms with Gasteiger partial charge in [0.05, 0.1) is 16.9 Å². The lowest BCUT2D eigenvalue weighted by atomic mass is 10.2. The third-order valence-electron chi connectivity index (χ3n) is 4.70. The van der Waals surface area contributed by atoms with Crippen LogP contribution in [0.5, 0.6) is 0 Å². The maximum Gasteiger partial charge on any atom is 0.416 e. The van der Waals surface area contributed by atoms with Crippen LogP contribution < -0.4 is 9.80 Å². The minimum absolute atomic E-state index is 0.139. The van der Waals surface area contributed by atoms with Crippen molar-refractivity contribution < 1.29 is 46.4 Å². The lowest BCUT2D eigenvalue weighted by molar-refractivity contribution is -0.149. The van der Waals surface area contributed by atoms with Crippen LogP contribution in [0.4, 0.5) is 38.5 Å². The summed E-state index contributed by atoms with van der Waals surface area (Å²) in [5, 5.41) is 1.76. The van der Waals surface area contributed by atoms with Gasteiger partial charge in [0.2, 0.25) is 0 Å². The fourth-order valence-electron chi connectivity index (χ4n) is 2.96. The van der Waals surface area contributed by atoms with Crippen molar-refractivity contribution in [2.45, 2.75) is 6.18 Å². The maximum atomic E-state index is 12.7. The summed E-state index contributed by atoms with van der Waals surface area (Å²) in [4.78, 5) is 57.6. The number of carbonyl (C=O) groups excluding carboxylic acids is 4. The highest BCUT2D eigenvalue weighted by molar-refractivity contribution is 6.16. The molecule has 0 aromatic heterocycles. The summed E-state index contributed by atoms with van der Waals surface area (Å²) in [5.41, 5.74) is -0.744. The van der Waals surface area contributed by atoms with Crippen LogP contribution in [-0.4, -0.2) is 61.3 Å². The topological polar surface area (TPSA) is 99.7 Å². The van der Waals surface area contributed by atoms with Gasteiger partial charge in [0.25, 0.3) is 11.8 Å². The summed E-state index contributed by atoms with van der Waals surface area (Å²) >= 11 is 0. The zero-order valence-electron chi connectivity index (χ0n) is 18.3. The summed E-state index contributed by atoms with van der Waals surface area (Å²) < 4.78 is 50.4. The Bertz CT molecular complexity index is 1140. The van der Waals surface area contributed by atoms with Gasteiger partial charge < -0.3 is 0 Å². The molecule has 35 heavy (non-hydrogen) atoms. The fraction of sp³-hybridized carbons (Fsp3) is 0.238. The molecule has 14 heteroatoms. The van der Waals surface area contributed by atoms with E-state index in [0.717, 1.165) is 33.2 Å². The van der Waals surface area contributed by atoms with Crippen molar-refractivity contribution >= 4 is 35.3 Å². The molecule has 2 fully saturated rings. The van der Waals surface area contributed by atoms with Crippen LogP contribution in [0.25, 0.3) is 0 Å². The van der Waals surface area contributed by atoms with Gasteiger partial charge in [0.1, 0.15) is 5.82 Å². The molecule has 2 aliphatic heterocycles. The van der Waals surface area contributed by atoms with E-state index in [9.17, 15) is 36.7 Å². The van der Waals surface area contributed by atoms with Crippen molar-refractivity contribution in [3.8, 4) is 0 Å². The summed E-state index contributed by atoms with van der Waals surface area (Å²) in [7, 11) is 2.68. The van der Waals surface area contributed by atoms with Gasteiger partial charge in [-0.2, -0.15) is 13.2 Å². The van der Waals surface area contributed by atoms with Crippen LogP contribution in [0.2, 0.25) is 0 Å². The molecule has 2 aromatic carbocycles. The van der Waals surface area contributed by atoms with Crippen molar-refractivity contribution in [3.63, 3.8) is 0 Å². The summed E-state index contributed by atoms with van der Waals surface area (Å²) in [6.45, 7) is -0.613. The largest absolute Gasteiger partial charge is 0.416 e. The molecule has 6 amide bonds. The molecule has 2 heterocycles. The summed E-state index contributed by atoms with van der Waals surface area (Å²) in [5.74, 6) is -1.62. The lowest BCUT2D eigenvalue weighted by Gasteiger charge is -2.30. The lowest BCUT2D eigenvalue weighted by Crippen LogP contribution is -2.52. The Balaban J connectivity index is 0.000000198. The van der Waals surface area contributed by atoms with Crippen LogP contribution in [0.3, 0.4) is 0 Å². The van der Waals surface area contributed by atoms with E-state index < -0.39 is 48.0 Å². The number of halogens is 4. The van der Waals surface area contributed by atoms with Gasteiger partial charge in [0.15, 0.2) is 13.2 Å². The van der Waals surface area contributed by atoms with E-state index in [1.165, 1.54) is 44.4 Å². The van der Waals surface area contributed by atoms with Crippen LogP contribution in [0, 0.1) is 5.82 Å². The Morgan fingerprint density at radius 2 is 1.23 bits per heavy atom. The van der Waals surface area contributed by atoms with E-state index >= 15 is 0 Å². The van der Waals surface area contributed by atoms with E-state index in [-0.39, 0.29) is 12.3 Å². The molecule has 0 saturated carbocycles. The van der Waals surface area contributed by atoms with Crippen molar-refractivity contribution in [2.75, 3.05) is 37.1 Å². The van der Waals surface area contributed by atoms with Crippen molar-refractivity contribution in [3.05, 3.63) is 59.9 Å². The quantitative estimate of drug-likeness (QED) is 0.590. The molecule has 10 nitrogen and oxygen atoms in total. The first-order chi connectivity index (χ1) is 16.4. The third kappa shape index (κ3) is 5.73. The Kier molecular flexibility index (Phi) is 7.36. The van der Waals surface area contributed by atoms with Crippen molar-refractivity contribution in [1.82, 2.24) is 10.1 Å². The van der Waals surface area contributed by atoms with Gasteiger partial charge in [0, 0.05) is 14.1 Å². The standard InChI is InChI=1S/C11H9F3N2O3.C10H9FN2O3/c1-15-10(18)16(9(17)6-19-15)8-4-2-3-7(5-8)11(12,13)14;1-12-10(15)13(9(14)6-16-12)8-4-2-7(11)3-5-8/h2-5H,6H2,1H3;2-5H,6H2,1H3. The molecule has 0 unspecified atom stereocenters. The number of amides is 6. The van der Waals surface area contributed by atoms with E-state index in [0.29, 0.717) is 10.6 Å². The van der Waals surface area contributed by atoms with E-state index in [1.54, 1.807) is 0 Å². The molecule has 2 aliphatic rings. The number of alkyl halides is 3. The van der Waals surface area contributed by atoms with Crippen molar-refractivity contribution in [1.29, 1.82) is 0 Å². The summed E-state index contributed by atoms with van der Waals surface area (Å²) in [6.07, 6.45) is -4.54. The van der Waals surface area contributed by atoms with E-state index in [1.807, 2.05) is 0 Å². The molecule has 0 atom stereocenters. The molecular weight excluding hydrogens is 480 g/mol. The average Bonchev–Trinajstić information content (AvgIpc) is 2.81. The SMILES string of the molecule is CN1OCC(=O)N(c2ccc(F)cc2)C1=O.CN1OCC(=O)N(c2cccc(C(F)(F)F)c2)C1=O. The third-order valence-corrected chi connectivity index (χ3v) is 4.70. The second-order valence-corrected chi connectivity index (χ2v) is 7.09. The van der Waals surface area contributed by atoms with Crippen molar-refractivity contribution in [2.24, 2.45) is 0 Å². The van der Waals surface area contributed by atoms with Crippen LogP contribution in [-0.2, 0) is 25.4 Å². The molecule has 0 N–H and O–H groups in total. The number of anilines is 2. The van der Waals surface area contributed by atoms with Gasteiger partial charge >= 0.3 is 18.2 Å². The first-order valence-corrected chi connectivity index (χ1v) is 9.80. The molecule has 4 rings (SSSR count). The number of hydrogen-bond donors (Lipinski definition) is 0. The minimum Gasteiger partial charge on any atom is -0.271 e. The highest BCUT2D eigenvalue weighted by Gasteiger charge is 2.35. The molecule has 0 spiro atoms. The number of benzene rings is 2. The van der Waals surface area contributed by atoms with Gasteiger partial charge in [-0.1, -0.05) is 6.07 Å². The number of hydrogen-bond acceptors (Lipinski definition) is 6. The molecular formula is C21H18F4N4O6. The van der Waals surface area contributed by atoms with Crippen LogP contribution in [0.1, 0.15) is 5.56 Å². The number of urea groups is 2. The Labute approximate surface area is 195 Å². The first kappa shape index (κ1) is 25.6. The molecule has 2 saturated heterocycles. The van der Waals surface area contributed by atoms with Gasteiger partial charge in [-0.25, -0.2) is 33.9 Å². The Hall–Kier alpha value is -4.04. The van der Waals surface area contributed by atoms with E-state index in [2.05, 4.69) is 0 Å². The average molecular weight is 498 g/mol. The van der Waals surface area contributed by atoms with Gasteiger partial charge in [-0.05, 0) is 42.5 Å². The molecule has 0 aliphatic carbocycles. The zero-order chi connectivity index (χ0) is 25.9. The second-order valence-electron chi connectivity index (χ2n) is 7.09. The highest BCUT2D eigenvalue weighted by Crippen LogP contribution is 2.32. The van der Waals surface area contributed by atoms with E-state index in [4.69, 9.17) is 9.68 Å². The number of carbonyl (C=O) groups is 4. The number of hydroxylamine groups is 4. The highest BCUT2D eigenvalue weighted by atomic mass is 19.4. The smallest absolute Gasteiger partial charge is 0.271 e. The predicted molar refractivity (Wildman–Crippen MR) is 111 cm³/mol. The minimum atomic E-state index is -4.54. The number of nitrogens with zero attached hydrogens (tertiary/aromatic N) is 4.